The van der Waals surface area contributed by atoms with Gasteiger partial charge in [0, 0.05) is 38.8 Å². The number of aryl methyl sites for hydroxylation is 1. The largest absolute Gasteiger partial charge is 0.368 e. The standard InChI is InChI=1S/C17H15N2.Ir/c1-17(2)12-7-5-9-18-16(12)11-6-4-8-14-15(11)13(17)10-19(14)3;/h4-5,7-10H,1-3H3;/q-1;. The molecule has 0 fully saturated rings. The summed E-state index contributed by atoms with van der Waals surface area (Å²) < 4.78 is 2.20. The van der Waals surface area contributed by atoms with Gasteiger partial charge in [0.1, 0.15) is 0 Å². The minimum atomic E-state index is -0.00863. The van der Waals surface area contributed by atoms with Gasteiger partial charge in [-0.1, -0.05) is 36.4 Å². The number of hydrogen-bond donors (Lipinski definition) is 0. The SMILES string of the molecule is Cn1cc2c3c([c-]ccc31)-c1ncccc1C2(C)C.[Ir]. The second-order valence-corrected chi connectivity index (χ2v) is 5.79. The summed E-state index contributed by atoms with van der Waals surface area (Å²) in [5, 5.41) is 1.31. The topological polar surface area (TPSA) is 17.8 Å². The van der Waals surface area contributed by atoms with Gasteiger partial charge in [0.05, 0.1) is 0 Å². The van der Waals surface area contributed by atoms with Crippen molar-refractivity contribution in [3.05, 3.63) is 53.9 Å². The monoisotopic (exact) mass is 440 g/mol. The van der Waals surface area contributed by atoms with Gasteiger partial charge in [0.15, 0.2) is 0 Å². The summed E-state index contributed by atoms with van der Waals surface area (Å²) in [5.74, 6) is 0. The summed E-state index contributed by atoms with van der Waals surface area (Å²) in [5.41, 5.74) is 6.13. The minimum absolute atomic E-state index is 0. The molecule has 103 valence electrons. The normalized spacial score (nSPS) is 14.8. The molecular formula is C17H15IrN2-. The van der Waals surface area contributed by atoms with Crippen LogP contribution >= 0.6 is 0 Å². The van der Waals surface area contributed by atoms with E-state index in [0.717, 1.165) is 11.3 Å². The van der Waals surface area contributed by atoms with Crippen molar-refractivity contribution < 1.29 is 20.1 Å². The van der Waals surface area contributed by atoms with Crippen LogP contribution in [0.15, 0.2) is 36.7 Å². The molecule has 2 heterocycles. The van der Waals surface area contributed by atoms with Crippen LogP contribution < -0.4 is 0 Å². The third-order valence-electron chi connectivity index (χ3n) is 4.34. The van der Waals surface area contributed by atoms with Crippen LogP contribution in [0.5, 0.6) is 0 Å². The van der Waals surface area contributed by atoms with E-state index in [-0.39, 0.29) is 25.5 Å². The smallest absolute Gasteiger partial charge is 0.0161 e. The average Bonchev–Trinajstić information content (AvgIpc) is 2.76. The Kier molecular flexibility index (Phi) is 2.89. The molecule has 1 aliphatic carbocycles. The number of nitrogens with zero attached hydrogens (tertiary/aromatic N) is 2. The van der Waals surface area contributed by atoms with Gasteiger partial charge in [-0.15, -0.1) is 23.8 Å². The third kappa shape index (κ3) is 1.51. The molecule has 1 aliphatic rings. The van der Waals surface area contributed by atoms with E-state index in [1.165, 1.54) is 22.0 Å². The number of pyridine rings is 1. The molecule has 4 rings (SSSR count). The molecule has 0 aliphatic heterocycles. The Bertz CT molecular complexity index is 815. The van der Waals surface area contributed by atoms with E-state index in [2.05, 4.69) is 54.8 Å². The summed E-state index contributed by atoms with van der Waals surface area (Å²) in [7, 11) is 2.11. The van der Waals surface area contributed by atoms with Crippen molar-refractivity contribution in [2.75, 3.05) is 0 Å². The van der Waals surface area contributed by atoms with E-state index >= 15 is 0 Å². The molecule has 3 heteroatoms. The van der Waals surface area contributed by atoms with E-state index in [1.54, 1.807) is 0 Å². The van der Waals surface area contributed by atoms with Crippen LogP contribution in [0.2, 0.25) is 0 Å². The molecule has 0 N–H and O–H groups in total. The molecule has 20 heavy (non-hydrogen) atoms. The first-order valence-corrected chi connectivity index (χ1v) is 6.57. The van der Waals surface area contributed by atoms with E-state index < -0.39 is 0 Å². The maximum Gasteiger partial charge on any atom is 0.0161 e. The zero-order valence-electron chi connectivity index (χ0n) is 11.7. The van der Waals surface area contributed by atoms with Crippen LogP contribution in [-0.2, 0) is 32.6 Å². The molecule has 1 radical (unpaired) electrons. The number of hydrogen-bond acceptors (Lipinski definition) is 1. The third-order valence-corrected chi connectivity index (χ3v) is 4.34. The number of fused-ring (bicyclic) bond motifs is 2. The maximum absolute atomic E-state index is 4.61. The Labute approximate surface area is 132 Å². The molecule has 0 unspecified atom stereocenters. The Hall–Kier alpha value is -1.44. The molecule has 2 nitrogen and oxygen atoms in total. The molecule has 3 aromatic rings. The van der Waals surface area contributed by atoms with Crippen LogP contribution in [-0.4, -0.2) is 9.55 Å². The quantitative estimate of drug-likeness (QED) is 0.489. The summed E-state index contributed by atoms with van der Waals surface area (Å²) in [6, 6.07) is 11.7. The van der Waals surface area contributed by atoms with Gasteiger partial charge in [0.2, 0.25) is 0 Å². The Morgan fingerprint density at radius 3 is 2.80 bits per heavy atom. The second kappa shape index (κ2) is 4.28. The predicted octanol–water partition coefficient (Wildman–Crippen LogP) is 3.68. The van der Waals surface area contributed by atoms with Crippen molar-refractivity contribution in [2.24, 2.45) is 7.05 Å². The van der Waals surface area contributed by atoms with Crippen molar-refractivity contribution in [1.82, 2.24) is 9.55 Å². The van der Waals surface area contributed by atoms with E-state index in [9.17, 15) is 0 Å². The second-order valence-electron chi connectivity index (χ2n) is 5.79. The van der Waals surface area contributed by atoms with Crippen LogP contribution in [0.1, 0.15) is 25.0 Å². The summed E-state index contributed by atoms with van der Waals surface area (Å²) >= 11 is 0. The van der Waals surface area contributed by atoms with Gasteiger partial charge in [0.25, 0.3) is 0 Å². The van der Waals surface area contributed by atoms with Gasteiger partial charge in [-0.2, -0.15) is 0 Å². The number of rotatable bonds is 0. The molecule has 0 atom stereocenters. The van der Waals surface area contributed by atoms with Crippen molar-refractivity contribution in [3.8, 4) is 11.3 Å². The number of benzene rings is 1. The molecule has 1 aromatic carbocycles. The van der Waals surface area contributed by atoms with E-state index in [4.69, 9.17) is 0 Å². The first-order chi connectivity index (χ1) is 9.10. The summed E-state index contributed by atoms with van der Waals surface area (Å²) in [6.07, 6.45) is 4.12. The van der Waals surface area contributed by atoms with E-state index in [1.807, 2.05) is 18.3 Å². The number of aromatic nitrogens is 2. The van der Waals surface area contributed by atoms with Gasteiger partial charge < -0.3 is 9.55 Å². The van der Waals surface area contributed by atoms with Gasteiger partial charge in [-0.3, -0.25) is 0 Å². The average molecular weight is 440 g/mol. The van der Waals surface area contributed by atoms with Gasteiger partial charge >= 0.3 is 0 Å². The summed E-state index contributed by atoms with van der Waals surface area (Å²) in [4.78, 5) is 4.61. The molecular weight excluding hydrogens is 424 g/mol. The van der Waals surface area contributed by atoms with Gasteiger partial charge in [-0.05, 0) is 23.5 Å². The molecule has 0 bridgehead atoms. The van der Waals surface area contributed by atoms with Gasteiger partial charge in [-0.25, -0.2) is 0 Å². The predicted molar refractivity (Wildman–Crippen MR) is 77.1 cm³/mol. The molecule has 2 aromatic heterocycles. The minimum Gasteiger partial charge on any atom is -0.368 e. The fraction of sp³-hybridized carbons (Fsp3) is 0.235. The molecule has 0 saturated heterocycles. The van der Waals surface area contributed by atoms with Crippen molar-refractivity contribution in [2.45, 2.75) is 19.3 Å². The van der Waals surface area contributed by atoms with E-state index in [0.29, 0.717) is 0 Å². The fourth-order valence-corrected chi connectivity index (χ4v) is 3.30. The Morgan fingerprint density at radius 1 is 1.20 bits per heavy atom. The van der Waals surface area contributed by atoms with Crippen LogP contribution in [0.3, 0.4) is 0 Å². The first-order valence-electron chi connectivity index (χ1n) is 6.57. The van der Waals surface area contributed by atoms with Crippen molar-refractivity contribution >= 4 is 10.9 Å². The van der Waals surface area contributed by atoms with Crippen molar-refractivity contribution in [3.63, 3.8) is 0 Å². The fourth-order valence-electron chi connectivity index (χ4n) is 3.30. The van der Waals surface area contributed by atoms with Crippen molar-refractivity contribution in [1.29, 1.82) is 0 Å². The summed E-state index contributed by atoms with van der Waals surface area (Å²) in [6.45, 7) is 4.55. The maximum atomic E-state index is 4.61. The molecule has 0 spiro atoms. The van der Waals surface area contributed by atoms with Crippen LogP contribution in [0.25, 0.3) is 22.2 Å². The zero-order valence-corrected chi connectivity index (χ0v) is 14.1. The van der Waals surface area contributed by atoms with Crippen LogP contribution in [0.4, 0.5) is 0 Å². The Balaban J connectivity index is 0.00000121. The first kappa shape index (κ1) is 13.5. The Morgan fingerprint density at radius 2 is 2.00 bits per heavy atom. The van der Waals surface area contributed by atoms with Crippen LogP contribution in [0, 0.1) is 6.07 Å². The molecule has 0 amide bonds. The zero-order chi connectivity index (χ0) is 13.2. The molecule has 0 saturated carbocycles.